The second-order valence-corrected chi connectivity index (χ2v) is 4.37. The van der Waals surface area contributed by atoms with Crippen molar-refractivity contribution in [1.82, 2.24) is 10.3 Å². The minimum atomic E-state index is 0.455. The Kier molecular flexibility index (Phi) is 3.07. The second-order valence-electron chi connectivity index (χ2n) is 4.37. The molecule has 0 aromatic carbocycles. The lowest BCUT2D eigenvalue weighted by Gasteiger charge is -2.36. The van der Waals surface area contributed by atoms with E-state index in [2.05, 4.69) is 35.1 Å². The zero-order chi connectivity index (χ0) is 11.5. The molecular weight excluding hydrogens is 200 g/mol. The molecule has 0 spiro atoms. The predicted octanol–water partition coefficient (Wildman–Crippen LogP) is 1.14. The zero-order valence-electron chi connectivity index (χ0n) is 9.64. The van der Waals surface area contributed by atoms with Crippen LogP contribution in [-0.2, 0) is 0 Å². The van der Waals surface area contributed by atoms with E-state index in [1.807, 2.05) is 12.1 Å². The Bertz CT molecular complexity index is 400. The fourth-order valence-corrected chi connectivity index (χ4v) is 2.18. The highest BCUT2D eigenvalue weighted by Gasteiger charge is 2.21. The van der Waals surface area contributed by atoms with Gasteiger partial charge in [0, 0.05) is 25.2 Å². The third-order valence-electron chi connectivity index (χ3n) is 2.73. The Balaban J connectivity index is 2.20. The normalized spacial score (nSPS) is 25.2. The van der Waals surface area contributed by atoms with Crippen LogP contribution in [0.2, 0.25) is 0 Å². The monoisotopic (exact) mass is 216 g/mol. The van der Waals surface area contributed by atoms with Crippen molar-refractivity contribution >= 4 is 5.82 Å². The van der Waals surface area contributed by atoms with Crippen LogP contribution >= 0.6 is 0 Å². The minimum absolute atomic E-state index is 0.455. The molecule has 1 aromatic rings. The summed E-state index contributed by atoms with van der Waals surface area (Å²) in [6.07, 6.45) is 0. The van der Waals surface area contributed by atoms with Gasteiger partial charge in [0.15, 0.2) is 0 Å². The first kappa shape index (κ1) is 10.9. The summed E-state index contributed by atoms with van der Waals surface area (Å²) in [6.45, 7) is 6.20. The molecule has 2 unspecified atom stereocenters. The van der Waals surface area contributed by atoms with Gasteiger partial charge in [0.1, 0.15) is 17.6 Å². The Hall–Kier alpha value is -1.60. The van der Waals surface area contributed by atoms with Crippen molar-refractivity contribution in [2.24, 2.45) is 0 Å². The molecule has 1 aliphatic rings. The van der Waals surface area contributed by atoms with Crippen LogP contribution in [0.15, 0.2) is 18.2 Å². The van der Waals surface area contributed by atoms with Gasteiger partial charge in [0.05, 0.1) is 0 Å². The van der Waals surface area contributed by atoms with Crippen molar-refractivity contribution in [3.05, 3.63) is 23.9 Å². The summed E-state index contributed by atoms with van der Waals surface area (Å²) in [5.41, 5.74) is 0.483. The van der Waals surface area contributed by atoms with Gasteiger partial charge in [0.2, 0.25) is 0 Å². The van der Waals surface area contributed by atoms with Gasteiger partial charge in [-0.15, -0.1) is 0 Å². The number of piperazine rings is 1. The van der Waals surface area contributed by atoms with E-state index in [-0.39, 0.29) is 0 Å². The summed E-state index contributed by atoms with van der Waals surface area (Å²) in [5, 5.41) is 12.3. The molecule has 2 atom stereocenters. The fourth-order valence-electron chi connectivity index (χ4n) is 2.18. The summed E-state index contributed by atoms with van der Waals surface area (Å²) < 4.78 is 0. The zero-order valence-corrected chi connectivity index (χ0v) is 9.64. The maximum Gasteiger partial charge on any atom is 0.142 e. The highest BCUT2D eigenvalue weighted by molar-refractivity contribution is 5.42. The van der Waals surface area contributed by atoms with Crippen LogP contribution in [0, 0.1) is 11.3 Å². The second kappa shape index (κ2) is 4.50. The van der Waals surface area contributed by atoms with Crippen molar-refractivity contribution in [3.63, 3.8) is 0 Å². The standard InChI is InChI=1S/C12H16N4/c1-9-7-16(8-10(2)14-9)12-5-3-4-11(6-13)15-12/h3-5,9-10,14H,7-8H2,1-2H3. The molecule has 0 radical (unpaired) electrons. The molecule has 4 nitrogen and oxygen atoms in total. The van der Waals surface area contributed by atoms with E-state index in [9.17, 15) is 0 Å². The molecule has 1 aromatic heterocycles. The summed E-state index contributed by atoms with van der Waals surface area (Å²) >= 11 is 0. The van der Waals surface area contributed by atoms with Gasteiger partial charge in [-0.3, -0.25) is 0 Å². The first-order chi connectivity index (χ1) is 7.69. The van der Waals surface area contributed by atoms with Gasteiger partial charge >= 0.3 is 0 Å². The first-order valence-corrected chi connectivity index (χ1v) is 5.57. The molecule has 2 heterocycles. The largest absolute Gasteiger partial charge is 0.353 e. The average Bonchev–Trinajstić information content (AvgIpc) is 2.28. The van der Waals surface area contributed by atoms with Crippen molar-refractivity contribution < 1.29 is 0 Å². The Morgan fingerprint density at radius 3 is 2.69 bits per heavy atom. The molecule has 4 heteroatoms. The highest BCUT2D eigenvalue weighted by Crippen LogP contribution is 2.15. The molecule has 1 aliphatic heterocycles. The Labute approximate surface area is 95.9 Å². The summed E-state index contributed by atoms with van der Waals surface area (Å²) in [6, 6.07) is 8.57. The number of rotatable bonds is 1. The number of pyridine rings is 1. The molecular formula is C12H16N4. The Morgan fingerprint density at radius 1 is 1.38 bits per heavy atom. The lowest BCUT2D eigenvalue weighted by atomic mass is 10.1. The SMILES string of the molecule is CC1CN(c2cccc(C#N)n2)CC(C)N1. The molecule has 0 bridgehead atoms. The molecule has 0 amide bonds. The number of nitriles is 1. The molecule has 1 fully saturated rings. The summed E-state index contributed by atoms with van der Waals surface area (Å²) in [7, 11) is 0. The minimum Gasteiger partial charge on any atom is -0.353 e. The van der Waals surface area contributed by atoms with Gasteiger partial charge in [-0.2, -0.15) is 5.26 Å². The van der Waals surface area contributed by atoms with E-state index in [1.165, 1.54) is 0 Å². The molecule has 84 valence electrons. The highest BCUT2D eigenvalue weighted by atomic mass is 15.3. The van der Waals surface area contributed by atoms with E-state index in [0.717, 1.165) is 18.9 Å². The summed E-state index contributed by atoms with van der Waals surface area (Å²) in [4.78, 5) is 6.55. The van der Waals surface area contributed by atoms with E-state index in [0.29, 0.717) is 17.8 Å². The smallest absolute Gasteiger partial charge is 0.142 e. The maximum absolute atomic E-state index is 8.82. The van der Waals surface area contributed by atoms with E-state index in [4.69, 9.17) is 5.26 Å². The summed E-state index contributed by atoms with van der Waals surface area (Å²) in [5.74, 6) is 0.902. The van der Waals surface area contributed by atoms with Crippen molar-refractivity contribution in [3.8, 4) is 6.07 Å². The van der Waals surface area contributed by atoms with Gasteiger partial charge in [-0.05, 0) is 26.0 Å². The van der Waals surface area contributed by atoms with Gasteiger partial charge < -0.3 is 10.2 Å². The van der Waals surface area contributed by atoms with Crippen LogP contribution < -0.4 is 10.2 Å². The Morgan fingerprint density at radius 2 is 2.06 bits per heavy atom. The number of aromatic nitrogens is 1. The quantitative estimate of drug-likeness (QED) is 0.765. The van der Waals surface area contributed by atoms with Gasteiger partial charge in [-0.25, -0.2) is 4.98 Å². The number of anilines is 1. The molecule has 2 rings (SSSR count). The molecule has 16 heavy (non-hydrogen) atoms. The van der Waals surface area contributed by atoms with Crippen LogP contribution in [0.3, 0.4) is 0 Å². The van der Waals surface area contributed by atoms with Crippen molar-refractivity contribution in [1.29, 1.82) is 5.26 Å². The topological polar surface area (TPSA) is 52.0 Å². The van der Waals surface area contributed by atoms with Crippen molar-refractivity contribution in [2.75, 3.05) is 18.0 Å². The molecule has 0 saturated carbocycles. The third kappa shape index (κ3) is 2.31. The van der Waals surface area contributed by atoms with Crippen LogP contribution in [-0.4, -0.2) is 30.2 Å². The lowest BCUT2D eigenvalue weighted by Crippen LogP contribution is -2.54. The van der Waals surface area contributed by atoms with Crippen molar-refractivity contribution in [2.45, 2.75) is 25.9 Å². The predicted molar refractivity (Wildman–Crippen MR) is 63.2 cm³/mol. The van der Waals surface area contributed by atoms with E-state index in [1.54, 1.807) is 6.07 Å². The number of hydrogen-bond donors (Lipinski definition) is 1. The maximum atomic E-state index is 8.82. The average molecular weight is 216 g/mol. The number of hydrogen-bond acceptors (Lipinski definition) is 4. The van der Waals surface area contributed by atoms with Crippen LogP contribution in [0.5, 0.6) is 0 Å². The van der Waals surface area contributed by atoms with E-state index < -0.39 is 0 Å². The molecule has 1 N–H and O–H groups in total. The first-order valence-electron chi connectivity index (χ1n) is 5.57. The van der Waals surface area contributed by atoms with Crippen LogP contribution in [0.4, 0.5) is 5.82 Å². The van der Waals surface area contributed by atoms with Crippen LogP contribution in [0.25, 0.3) is 0 Å². The molecule has 1 saturated heterocycles. The lowest BCUT2D eigenvalue weighted by molar-refractivity contribution is 0.405. The third-order valence-corrected chi connectivity index (χ3v) is 2.73. The van der Waals surface area contributed by atoms with E-state index >= 15 is 0 Å². The number of nitrogens with zero attached hydrogens (tertiary/aromatic N) is 3. The van der Waals surface area contributed by atoms with Crippen LogP contribution in [0.1, 0.15) is 19.5 Å². The number of nitrogens with one attached hydrogen (secondary N) is 1. The van der Waals surface area contributed by atoms with Gasteiger partial charge in [0.25, 0.3) is 0 Å². The van der Waals surface area contributed by atoms with Gasteiger partial charge in [-0.1, -0.05) is 6.07 Å². The fraction of sp³-hybridized carbons (Fsp3) is 0.500. The molecule has 0 aliphatic carbocycles.